The molecule has 2 aliphatic rings. The van der Waals surface area contributed by atoms with Crippen LogP contribution >= 0.6 is 0 Å². The van der Waals surface area contributed by atoms with E-state index in [1.165, 1.54) is 25.9 Å². The van der Waals surface area contributed by atoms with E-state index >= 15 is 0 Å². The van der Waals surface area contributed by atoms with Gasteiger partial charge in [-0.15, -0.1) is 0 Å². The minimum absolute atomic E-state index is 0.698. The van der Waals surface area contributed by atoms with Crippen molar-refractivity contribution in [2.24, 2.45) is 0 Å². The highest BCUT2D eigenvalue weighted by molar-refractivity contribution is 5.34. The van der Waals surface area contributed by atoms with Crippen LogP contribution in [0.1, 0.15) is 23.6 Å². The van der Waals surface area contributed by atoms with E-state index in [0.717, 1.165) is 13.1 Å². The smallest absolute Gasteiger partial charge is 0.0355 e. The molecule has 15 heavy (non-hydrogen) atoms. The minimum atomic E-state index is 0.698. The molecule has 1 heterocycles. The average molecular weight is 202 g/mol. The Bertz CT molecular complexity index is 342. The summed E-state index contributed by atoms with van der Waals surface area (Å²) in [6.07, 6.45) is 2.59. The zero-order valence-electron chi connectivity index (χ0n) is 9.08. The zero-order chi connectivity index (χ0) is 10.1. The molecule has 1 saturated heterocycles. The third kappa shape index (κ3) is 1.68. The van der Waals surface area contributed by atoms with Gasteiger partial charge in [0.2, 0.25) is 0 Å². The number of hydrogen-bond acceptors (Lipinski definition) is 2. The van der Waals surface area contributed by atoms with Gasteiger partial charge in [0, 0.05) is 32.2 Å². The van der Waals surface area contributed by atoms with Crippen molar-refractivity contribution in [3.63, 3.8) is 0 Å². The third-order valence-electron chi connectivity index (χ3n) is 3.69. The minimum Gasteiger partial charge on any atom is -0.314 e. The van der Waals surface area contributed by atoms with Gasteiger partial charge < -0.3 is 5.32 Å². The number of benzene rings is 1. The van der Waals surface area contributed by atoms with Crippen molar-refractivity contribution in [1.82, 2.24) is 10.2 Å². The van der Waals surface area contributed by atoms with Crippen molar-refractivity contribution in [2.45, 2.75) is 18.9 Å². The molecule has 1 aliphatic carbocycles. The number of fused-ring (bicyclic) bond motifs is 1. The van der Waals surface area contributed by atoms with Gasteiger partial charge >= 0.3 is 0 Å². The number of nitrogens with one attached hydrogen (secondary N) is 1. The first-order valence-corrected chi connectivity index (χ1v) is 5.98. The number of hydrogen-bond donors (Lipinski definition) is 1. The lowest BCUT2D eigenvalue weighted by Crippen LogP contribution is -2.44. The van der Waals surface area contributed by atoms with Gasteiger partial charge in [-0.2, -0.15) is 0 Å². The lowest BCUT2D eigenvalue weighted by Gasteiger charge is -2.33. The van der Waals surface area contributed by atoms with Gasteiger partial charge in [0.05, 0.1) is 0 Å². The van der Waals surface area contributed by atoms with Crippen LogP contribution in [0.4, 0.5) is 0 Å². The fourth-order valence-electron chi connectivity index (χ4n) is 2.91. The maximum Gasteiger partial charge on any atom is 0.0355 e. The van der Waals surface area contributed by atoms with Gasteiger partial charge in [0.25, 0.3) is 0 Å². The Hall–Kier alpha value is -0.860. The Morgan fingerprint density at radius 3 is 2.80 bits per heavy atom. The van der Waals surface area contributed by atoms with Gasteiger partial charge in [0.15, 0.2) is 0 Å². The summed E-state index contributed by atoms with van der Waals surface area (Å²) in [4.78, 5) is 2.64. The largest absolute Gasteiger partial charge is 0.314 e. The predicted octanol–water partition coefficient (Wildman–Crippen LogP) is 1.58. The summed E-state index contributed by atoms with van der Waals surface area (Å²) in [6.45, 7) is 4.72. The van der Waals surface area contributed by atoms with Crippen LogP contribution in [0.15, 0.2) is 24.3 Å². The van der Waals surface area contributed by atoms with Crippen LogP contribution in [0.3, 0.4) is 0 Å². The molecule has 0 aromatic heterocycles. The van der Waals surface area contributed by atoms with Gasteiger partial charge in [-0.1, -0.05) is 24.3 Å². The molecule has 3 rings (SSSR count). The van der Waals surface area contributed by atoms with Gasteiger partial charge in [-0.3, -0.25) is 4.90 Å². The number of rotatable bonds is 1. The van der Waals surface area contributed by atoms with Crippen LogP contribution in [0.25, 0.3) is 0 Å². The number of piperazine rings is 1. The monoisotopic (exact) mass is 202 g/mol. The first-order valence-electron chi connectivity index (χ1n) is 5.98. The Labute approximate surface area is 91.3 Å². The molecule has 0 radical (unpaired) electrons. The van der Waals surface area contributed by atoms with E-state index < -0.39 is 0 Å². The lowest BCUT2D eigenvalue weighted by atomic mass is 10.1. The quantitative estimate of drug-likeness (QED) is 0.744. The highest BCUT2D eigenvalue weighted by atomic mass is 15.2. The Morgan fingerprint density at radius 2 is 1.93 bits per heavy atom. The van der Waals surface area contributed by atoms with E-state index in [1.807, 2.05) is 0 Å². The first kappa shape index (κ1) is 9.37. The third-order valence-corrected chi connectivity index (χ3v) is 3.69. The standard InChI is InChI=1S/C13H18N2/c1-2-4-12-11(3-1)5-6-13(12)15-9-7-14-8-10-15/h1-4,13-14H,5-10H2/t13-/m0/s1. The Morgan fingerprint density at radius 1 is 1.13 bits per heavy atom. The molecule has 80 valence electrons. The fourth-order valence-corrected chi connectivity index (χ4v) is 2.91. The van der Waals surface area contributed by atoms with E-state index in [9.17, 15) is 0 Å². The molecule has 2 nitrogen and oxygen atoms in total. The molecule has 0 amide bonds. The number of nitrogens with zero attached hydrogens (tertiary/aromatic N) is 1. The summed E-state index contributed by atoms with van der Waals surface area (Å²) < 4.78 is 0. The highest BCUT2D eigenvalue weighted by Crippen LogP contribution is 2.35. The molecular weight excluding hydrogens is 184 g/mol. The summed E-state index contributed by atoms with van der Waals surface area (Å²) in [5.74, 6) is 0. The fraction of sp³-hybridized carbons (Fsp3) is 0.538. The normalized spacial score (nSPS) is 26.5. The second-order valence-corrected chi connectivity index (χ2v) is 4.54. The van der Waals surface area contributed by atoms with Gasteiger partial charge in [-0.25, -0.2) is 0 Å². The van der Waals surface area contributed by atoms with Crippen molar-refractivity contribution in [2.75, 3.05) is 26.2 Å². The van der Waals surface area contributed by atoms with Crippen LogP contribution in [0, 0.1) is 0 Å². The van der Waals surface area contributed by atoms with Crippen molar-refractivity contribution >= 4 is 0 Å². The lowest BCUT2D eigenvalue weighted by molar-refractivity contribution is 0.173. The predicted molar refractivity (Wildman–Crippen MR) is 61.9 cm³/mol. The van der Waals surface area contributed by atoms with Gasteiger partial charge in [0.1, 0.15) is 0 Å². The Balaban J connectivity index is 1.83. The van der Waals surface area contributed by atoms with Crippen molar-refractivity contribution in [3.05, 3.63) is 35.4 Å². The molecule has 0 unspecified atom stereocenters. The van der Waals surface area contributed by atoms with Crippen LogP contribution in [-0.2, 0) is 6.42 Å². The molecule has 0 spiro atoms. The first-order chi connectivity index (χ1) is 7.45. The topological polar surface area (TPSA) is 15.3 Å². The second kappa shape index (κ2) is 3.95. The molecule has 1 atom stereocenters. The van der Waals surface area contributed by atoms with E-state index in [4.69, 9.17) is 0 Å². The molecule has 1 fully saturated rings. The maximum absolute atomic E-state index is 3.42. The summed E-state index contributed by atoms with van der Waals surface area (Å²) >= 11 is 0. The second-order valence-electron chi connectivity index (χ2n) is 4.54. The zero-order valence-corrected chi connectivity index (χ0v) is 9.08. The molecule has 0 bridgehead atoms. The van der Waals surface area contributed by atoms with Crippen molar-refractivity contribution in [1.29, 1.82) is 0 Å². The highest BCUT2D eigenvalue weighted by Gasteiger charge is 2.27. The average Bonchev–Trinajstić information content (AvgIpc) is 2.74. The molecule has 1 aromatic carbocycles. The molecule has 0 saturated carbocycles. The van der Waals surface area contributed by atoms with Gasteiger partial charge in [-0.05, 0) is 24.0 Å². The Kier molecular flexibility index (Phi) is 2.47. The van der Waals surface area contributed by atoms with E-state index in [2.05, 4.69) is 34.5 Å². The van der Waals surface area contributed by atoms with Crippen LogP contribution in [0.5, 0.6) is 0 Å². The summed E-state index contributed by atoms with van der Waals surface area (Å²) in [7, 11) is 0. The van der Waals surface area contributed by atoms with E-state index in [1.54, 1.807) is 11.1 Å². The molecule has 2 heteroatoms. The van der Waals surface area contributed by atoms with Crippen molar-refractivity contribution < 1.29 is 0 Å². The molecule has 1 aromatic rings. The summed E-state index contributed by atoms with van der Waals surface area (Å²) in [5.41, 5.74) is 3.15. The maximum atomic E-state index is 3.42. The van der Waals surface area contributed by atoms with Crippen LogP contribution < -0.4 is 5.32 Å². The summed E-state index contributed by atoms with van der Waals surface area (Å²) in [6, 6.07) is 9.65. The van der Waals surface area contributed by atoms with Crippen molar-refractivity contribution in [3.8, 4) is 0 Å². The van der Waals surface area contributed by atoms with Crippen LogP contribution in [-0.4, -0.2) is 31.1 Å². The molecular formula is C13H18N2. The van der Waals surface area contributed by atoms with E-state index in [0.29, 0.717) is 6.04 Å². The number of aryl methyl sites for hydroxylation is 1. The van der Waals surface area contributed by atoms with Crippen LogP contribution in [0.2, 0.25) is 0 Å². The molecule has 1 N–H and O–H groups in total. The molecule has 1 aliphatic heterocycles. The summed E-state index contributed by atoms with van der Waals surface area (Å²) in [5, 5.41) is 3.42. The SMILES string of the molecule is c1ccc2c(c1)CC[C@@H]2N1CCNCC1. The van der Waals surface area contributed by atoms with E-state index in [-0.39, 0.29) is 0 Å².